The maximum Gasteiger partial charge on any atom is 0.385 e. The number of carbonyl (C=O) groups is 2. The largest absolute Gasteiger partial charge is 0.452 e. The Kier molecular flexibility index (Phi) is 8.40. The predicted octanol–water partition coefficient (Wildman–Crippen LogP) is 5.00. The third-order valence-electron chi connectivity index (χ3n) is 6.71. The van der Waals surface area contributed by atoms with E-state index in [9.17, 15) is 9.59 Å². The van der Waals surface area contributed by atoms with Gasteiger partial charge in [-0.15, -0.1) is 0 Å². The van der Waals surface area contributed by atoms with Crippen molar-refractivity contribution in [2.75, 3.05) is 0 Å². The highest BCUT2D eigenvalue weighted by Gasteiger charge is 2.34. The Morgan fingerprint density at radius 2 is 1.07 bits per heavy atom. The lowest BCUT2D eigenvalue weighted by Gasteiger charge is -2.36. The van der Waals surface area contributed by atoms with Crippen LogP contribution in [0.4, 0.5) is 0 Å². The van der Waals surface area contributed by atoms with Crippen molar-refractivity contribution in [3.05, 3.63) is 0 Å². The van der Waals surface area contributed by atoms with Crippen LogP contribution in [0.3, 0.4) is 0 Å². The van der Waals surface area contributed by atoms with Gasteiger partial charge in [0.2, 0.25) is 0 Å². The summed E-state index contributed by atoms with van der Waals surface area (Å²) in [7, 11) is 0. The van der Waals surface area contributed by atoms with Gasteiger partial charge >= 0.3 is 11.9 Å². The molecule has 4 heteroatoms. The van der Waals surface area contributed by atoms with Gasteiger partial charge in [-0.2, -0.15) is 0 Å². The normalized spacial score (nSPS) is 33.1. The van der Waals surface area contributed by atoms with E-state index in [1.807, 2.05) is 0 Å². The zero-order valence-corrected chi connectivity index (χ0v) is 18.5. The van der Waals surface area contributed by atoms with Crippen molar-refractivity contribution in [2.45, 2.75) is 92.3 Å². The van der Waals surface area contributed by atoms with Crippen molar-refractivity contribution in [1.82, 2.24) is 0 Å². The van der Waals surface area contributed by atoms with Gasteiger partial charge in [0.1, 0.15) is 12.2 Å². The summed E-state index contributed by atoms with van der Waals surface area (Å²) in [6.45, 7) is 13.1. The fraction of sp³-hybridized carbons (Fsp3) is 0.833. The molecule has 158 valence electrons. The highest BCUT2D eigenvalue weighted by Crippen LogP contribution is 2.36. The van der Waals surface area contributed by atoms with Crippen LogP contribution < -0.4 is 0 Å². The second-order valence-electron chi connectivity index (χ2n) is 9.79. The van der Waals surface area contributed by atoms with E-state index in [2.05, 4.69) is 53.4 Å². The molecule has 4 nitrogen and oxygen atoms in total. The summed E-state index contributed by atoms with van der Waals surface area (Å²) >= 11 is 0. The Labute approximate surface area is 171 Å². The molecule has 0 aromatic rings. The minimum Gasteiger partial charge on any atom is -0.452 e. The van der Waals surface area contributed by atoms with Crippen LogP contribution in [0.2, 0.25) is 0 Å². The Morgan fingerprint density at radius 3 is 1.39 bits per heavy atom. The second kappa shape index (κ2) is 10.3. The van der Waals surface area contributed by atoms with Gasteiger partial charge < -0.3 is 9.47 Å². The Hall–Kier alpha value is -1.50. The molecule has 2 saturated carbocycles. The van der Waals surface area contributed by atoms with Crippen LogP contribution >= 0.6 is 0 Å². The molecule has 6 atom stereocenters. The highest BCUT2D eigenvalue weighted by atomic mass is 16.5. The Balaban J connectivity index is 1.92. The predicted molar refractivity (Wildman–Crippen MR) is 110 cm³/mol. The zero-order valence-electron chi connectivity index (χ0n) is 18.5. The molecule has 0 amide bonds. The average Bonchev–Trinajstić information content (AvgIpc) is 2.59. The molecule has 0 aromatic heterocycles. The summed E-state index contributed by atoms with van der Waals surface area (Å²) in [5.41, 5.74) is 0. The molecule has 2 rings (SSSR count). The Bertz CT molecular complexity index is 547. The molecule has 2 fully saturated rings. The summed E-state index contributed by atoms with van der Waals surface area (Å²) in [5.74, 6) is 6.25. The van der Waals surface area contributed by atoms with Crippen molar-refractivity contribution in [1.29, 1.82) is 0 Å². The van der Waals surface area contributed by atoms with E-state index >= 15 is 0 Å². The summed E-state index contributed by atoms with van der Waals surface area (Å²) in [6, 6.07) is 0. The molecule has 0 N–H and O–H groups in total. The number of esters is 2. The topological polar surface area (TPSA) is 52.6 Å². The summed E-state index contributed by atoms with van der Waals surface area (Å²) < 4.78 is 11.3. The number of hydrogen-bond acceptors (Lipinski definition) is 4. The third-order valence-corrected chi connectivity index (χ3v) is 6.71. The molecule has 0 aliphatic heterocycles. The minimum atomic E-state index is -0.612. The van der Waals surface area contributed by atoms with Crippen molar-refractivity contribution in [2.24, 2.45) is 35.5 Å². The van der Waals surface area contributed by atoms with E-state index in [-0.39, 0.29) is 12.2 Å². The standard InChI is InChI=1S/C24H38O4/c1-15(2)19-9-7-17(5)13-21(19)27-23(25)11-12-24(26)28-22-14-18(6)8-10-20(22)16(3)4/h15-22H,7-10,13-14H2,1-6H3/t17-,18-,19-,20+,21-,22-/m1/s1. The molecule has 2 aliphatic carbocycles. The average molecular weight is 391 g/mol. The molecule has 0 radical (unpaired) electrons. The molecular formula is C24H38O4. The van der Waals surface area contributed by atoms with Gasteiger partial charge in [0.25, 0.3) is 0 Å². The van der Waals surface area contributed by atoms with Gasteiger partial charge in [0, 0.05) is 11.8 Å². The lowest BCUT2D eigenvalue weighted by molar-refractivity contribution is -0.150. The molecule has 0 spiro atoms. The molecule has 28 heavy (non-hydrogen) atoms. The zero-order chi connectivity index (χ0) is 20.8. The molecule has 2 aliphatic rings. The summed E-state index contributed by atoms with van der Waals surface area (Å²) in [4.78, 5) is 24.4. The lowest BCUT2D eigenvalue weighted by Crippen LogP contribution is -2.36. The van der Waals surface area contributed by atoms with Crippen LogP contribution in [0.25, 0.3) is 0 Å². The number of rotatable bonds is 4. The maximum atomic E-state index is 12.2. The van der Waals surface area contributed by atoms with Crippen LogP contribution in [0.1, 0.15) is 80.1 Å². The first-order valence-electron chi connectivity index (χ1n) is 11.1. The number of hydrogen-bond donors (Lipinski definition) is 0. The van der Waals surface area contributed by atoms with Crippen LogP contribution in [0, 0.1) is 47.3 Å². The van der Waals surface area contributed by atoms with Gasteiger partial charge in [-0.3, -0.25) is 0 Å². The van der Waals surface area contributed by atoms with Crippen molar-refractivity contribution >= 4 is 11.9 Å². The molecule has 0 aromatic carbocycles. The fourth-order valence-corrected chi connectivity index (χ4v) is 4.94. The minimum absolute atomic E-state index is 0.105. The van der Waals surface area contributed by atoms with Gasteiger partial charge in [-0.1, -0.05) is 54.4 Å². The lowest BCUT2D eigenvalue weighted by atomic mass is 9.75. The first-order chi connectivity index (χ1) is 13.2. The molecular weight excluding hydrogens is 352 g/mol. The van der Waals surface area contributed by atoms with Crippen LogP contribution in [0.5, 0.6) is 0 Å². The monoisotopic (exact) mass is 390 g/mol. The number of ether oxygens (including phenoxy) is 2. The first kappa shape index (κ1) is 22.8. The second-order valence-corrected chi connectivity index (χ2v) is 9.79. The van der Waals surface area contributed by atoms with Crippen LogP contribution in [0.15, 0.2) is 0 Å². The SMILES string of the molecule is CC(C)[C@H]1CC[C@@H](C)C[C@H]1OC(=O)C#CC(=O)O[C@@H]1C[C@H](C)CC[C@H]1C(C)C. The van der Waals surface area contributed by atoms with Gasteiger partial charge in [0.05, 0.1) is 0 Å². The molecule has 0 saturated heterocycles. The van der Waals surface area contributed by atoms with E-state index in [1.165, 1.54) is 12.8 Å². The summed E-state index contributed by atoms with van der Waals surface area (Å²) in [6.07, 6.45) is 6.02. The molecule has 0 heterocycles. The molecule has 0 bridgehead atoms. The van der Waals surface area contributed by atoms with Crippen LogP contribution in [-0.4, -0.2) is 24.1 Å². The Morgan fingerprint density at radius 1 is 0.714 bits per heavy atom. The van der Waals surface area contributed by atoms with Gasteiger partial charge in [-0.25, -0.2) is 9.59 Å². The van der Waals surface area contributed by atoms with E-state index in [4.69, 9.17) is 9.47 Å². The molecule has 0 unspecified atom stereocenters. The van der Waals surface area contributed by atoms with Crippen molar-refractivity contribution in [3.8, 4) is 11.8 Å². The fourth-order valence-electron chi connectivity index (χ4n) is 4.94. The van der Waals surface area contributed by atoms with Crippen molar-refractivity contribution < 1.29 is 19.1 Å². The van der Waals surface area contributed by atoms with Crippen LogP contribution in [-0.2, 0) is 19.1 Å². The first-order valence-corrected chi connectivity index (χ1v) is 11.1. The third kappa shape index (κ3) is 6.54. The highest BCUT2D eigenvalue weighted by molar-refractivity contribution is 5.98. The van der Waals surface area contributed by atoms with Gasteiger partial charge in [-0.05, 0) is 61.2 Å². The number of carbonyl (C=O) groups excluding carboxylic acids is 2. The van der Waals surface area contributed by atoms with E-state index in [0.29, 0.717) is 35.5 Å². The smallest absolute Gasteiger partial charge is 0.385 e. The van der Waals surface area contributed by atoms with Crippen molar-refractivity contribution in [3.63, 3.8) is 0 Å². The maximum absolute atomic E-state index is 12.2. The van der Waals surface area contributed by atoms with E-state index in [0.717, 1.165) is 25.7 Å². The van der Waals surface area contributed by atoms with Gasteiger partial charge in [0.15, 0.2) is 0 Å². The van der Waals surface area contributed by atoms with E-state index < -0.39 is 11.9 Å². The van der Waals surface area contributed by atoms with E-state index in [1.54, 1.807) is 0 Å². The summed E-state index contributed by atoms with van der Waals surface area (Å²) in [5, 5.41) is 0. The quantitative estimate of drug-likeness (QED) is 0.385.